The fourth-order valence-corrected chi connectivity index (χ4v) is 3.11. The highest BCUT2D eigenvalue weighted by molar-refractivity contribution is 5.80. The van der Waals surface area contributed by atoms with E-state index >= 15 is 0 Å². The molecule has 2 fully saturated rings. The maximum absolute atomic E-state index is 12.6. The zero-order chi connectivity index (χ0) is 14.7. The van der Waals surface area contributed by atoms with Crippen LogP contribution in [0, 0.1) is 12.8 Å². The molecule has 114 valence electrons. The Hall–Kier alpha value is -1.69. The molecule has 2 aliphatic heterocycles. The van der Waals surface area contributed by atoms with Gasteiger partial charge in [0.15, 0.2) is 0 Å². The maximum atomic E-state index is 12.6. The third kappa shape index (κ3) is 3.32. The van der Waals surface area contributed by atoms with Gasteiger partial charge in [-0.1, -0.05) is 0 Å². The first-order valence-electron chi connectivity index (χ1n) is 7.78. The van der Waals surface area contributed by atoms with Crippen molar-refractivity contribution in [1.82, 2.24) is 20.2 Å². The van der Waals surface area contributed by atoms with Crippen LogP contribution < -0.4 is 10.2 Å². The number of nitrogens with zero attached hydrogens (tertiary/aromatic N) is 4. The van der Waals surface area contributed by atoms with Crippen molar-refractivity contribution in [3.8, 4) is 0 Å². The number of aromatic nitrogens is 2. The van der Waals surface area contributed by atoms with Gasteiger partial charge in [-0.3, -0.25) is 4.79 Å². The van der Waals surface area contributed by atoms with Crippen molar-refractivity contribution >= 4 is 11.7 Å². The Morgan fingerprint density at radius 1 is 1.33 bits per heavy atom. The molecule has 6 heteroatoms. The van der Waals surface area contributed by atoms with Crippen molar-refractivity contribution in [3.63, 3.8) is 0 Å². The molecule has 6 nitrogen and oxygen atoms in total. The summed E-state index contributed by atoms with van der Waals surface area (Å²) in [5.74, 6) is 2.14. The van der Waals surface area contributed by atoms with Gasteiger partial charge in [0, 0.05) is 38.9 Å². The average molecular weight is 289 g/mol. The second-order valence-corrected chi connectivity index (χ2v) is 5.82. The Morgan fingerprint density at radius 3 is 3.10 bits per heavy atom. The van der Waals surface area contributed by atoms with Crippen molar-refractivity contribution in [3.05, 3.63) is 18.1 Å². The zero-order valence-electron chi connectivity index (χ0n) is 12.6. The van der Waals surface area contributed by atoms with Crippen LogP contribution in [0.3, 0.4) is 0 Å². The lowest BCUT2D eigenvalue weighted by Gasteiger charge is -2.24. The number of carbonyl (C=O) groups excluding carboxylic acids is 1. The normalized spacial score (nSPS) is 23.2. The number of amides is 1. The highest BCUT2D eigenvalue weighted by Crippen LogP contribution is 2.23. The Morgan fingerprint density at radius 2 is 2.24 bits per heavy atom. The lowest BCUT2D eigenvalue weighted by Crippen LogP contribution is -2.39. The van der Waals surface area contributed by atoms with Crippen molar-refractivity contribution in [2.24, 2.45) is 5.92 Å². The number of anilines is 1. The summed E-state index contributed by atoms with van der Waals surface area (Å²) >= 11 is 0. The van der Waals surface area contributed by atoms with E-state index in [-0.39, 0.29) is 5.92 Å². The molecule has 0 radical (unpaired) electrons. The van der Waals surface area contributed by atoms with Gasteiger partial charge >= 0.3 is 0 Å². The fraction of sp³-hybridized carbons (Fsp3) is 0.667. The summed E-state index contributed by atoms with van der Waals surface area (Å²) in [7, 11) is 0. The van der Waals surface area contributed by atoms with Gasteiger partial charge in [-0.2, -0.15) is 0 Å². The summed E-state index contributed by atoms with van der Waals surface area (Å²) in [6.45, 7) is 7.22. The molecule has 1 aromatic heterocycles. The number of carbonyl (C=O) groups is 1. The van der Waals surface area contributed by atoms with Gasteiger partial charge in [0.05, 0.1) is 5.92 Å². The Balaban J connectivity index is 1.62. The van der Waals surface area contributed by atoms with E-state index in [1.165, 1.54) is 0 Å². The summed E-state index contributed by atoms with van der Waals surface area (Å²) in [6.07, 6.45) is 3.76. The molecule has 3 rings (SSSR count). The molecular weight excluding hydrogens is 266 g/mol. The van der Waals surface area contributed by atoms with Gasteiger partial charge in [0.1, 0.15) is 11.6 Å². The standard InChI is InChI=1S/C15H23N5O/c1-12-17-6-3-14(18-12)20-9-4-13(11-20)15(21)19-8-2-5-16-7-10-19/h3,6,13,16H,2,4-5,7-11H2,1H3. The van der Waals surface area contributed by atoms with Crippen molar-refractivity contribution in [2.45, 2.75) is 19.8 Å². The topological polar surface area (TPSA) is 61.4 Å². The van der Waals surface area contributed by atoms with Crippen LogP contribution >= 0.6 is 0 Å². The highest BCUT2D eigenvalue weighted by Gasteiger charge is 2.32. The van der Waals surface area contributed by atoms with E-state index in [0.29, 0.717) is 5.91 Å². The number of nitrogens with one attached hydrogen (secondary N) is 1. The van der Waals surface area contributed by atoms with Gasteiger partial charge < -0.3 is 15.1 Å². The van der Waals surface area contributed by atoms with Crippen LogP contribution in [0.1, 0.15) is 18.7 Å². The first kappa shape index (κ1) is 14.3. The minimum absolute atomic E-state index is 0.110. The van der Waals surface area contributed by atoms with Crippen LogP contribution in [-0.2, 0) is 4.79 Å². The minimum atomic E-state index is 0.110. The van der Waals surface area contributed by atoms with Crippen LogP contribution in [0.5, 0.6) is 0 Å². The van der Waals surface area contributed by atoms with Crippen molar-refractivity contribution in [1.29, 1.82) is 0 Å². The third-order valence-electron chi connectivity index (χ3n) is 4.27. The van der Waals surface area contributed by atoms with Crippen molar-refractivity contribution in [2.75, 3.05) is 44.2 Å². The average Bonchev–Trinajstić information content (AvgIpc) is 2.82. The summed E-state index contributed by atoms with van der Waals surface area (Å²) in [5, 5.41) is 3.34. The largest absolute Gasteiger partial charge is 0.356 e. The molecule has 1 unspecified atom stereocenters. The predicted octanol–water partition coefficient (Wildman–Crippen LogP) is 0.433. The highest BCUT2D eigenvalue weighted by atomic mass is 16.2. The number of rotatable bonds is 2. The third-order valence-corrected chi connectivity index (χ3v) is 4.27. The Bertz CT molecular complexity index is 499. The van der Waals surface area contributed by atoms with E-state index in [0.717, 1.165) is 63.8 Å². The SMILES string of the molecule is Cc1nccc(N2CCC(C(=O)N3CCCNCC3)C2)n1. The van der Waals surface area contributed by atoms with E-state index in [2.05, 4.69) is 20.2 Å². The molecule has 1 atom stereocenters. The monoisotopic (exact) mass is 289 g/mol. The number of aryl methyl sites for hydroxylation is 1. The summed E-state index contributed by atoms with van der Waals surface area (Å²) in [4.78, 5) is 25.5. The summed E-state index contributed by atoms with van der Waals surface area (Å²) in [5.41, 5.74) is 0. The summed E-state index contributed by atoms with van der Waals surface area (Å²) in [6, 6.07) is 1.93. The molecule has 1 aromatic rings. The smallest absolute Gasteiger partial charge is 0.227 e. The van der Waals surface area contributed by atoms with Crippen LogP contribution in [0.25, 0.3) is 0 Å². The summed E-state index contributed by atoms with van der Waals surface area (Å²) < 4.78 is 0. The molecule has 0 spiro atoms. The lowest BCUT2D eigenvalue weighted by atomic mass is 10.1. The van der Waals surface area contributed by atoms with Gasteiger partial charge in [-0.15, -0.1) is 0 Å². The molecule has 2 aliphatic rings. The molecule has 0 bridgehead atoms. The van der Waals surface area contributed by atoms with E-state index in [1.54, 1.807) is 6.20 Å². The second kappa shape index (κ2) is 6.39. The number of hydrogen-bond donors (Lipinski definition) is 1. The van der Waals surface area contributed by atoms with Crippen LogP contribution in [-0.4, -0.2) is 60.0 Å². The van der Waals surface area contributed by atoms with Gasteiger partial charge in [0.2, 0.25) is 5.91 Å². The van der Waals surface area contributed by atoms with Crippen LogP contribution in [0.4, 0.5) is 5.82 Å². The fourth-order valence-electron chi connectivity index (χ4n) is 3.11. The quantitative estimate of drug-likeness (QED) is 0.856. The van der Waals surface area contributed by atoms with Crippen LogP contribution in [0.2, 0.25) is 0 Å². The molecule has 1 N–H and O–H groups in total. The van der Waals surface area contributed by atoms with Gasteiger partial charge in [0.25, 0.3) is 0 Å². The second-order valence-electron chi connectivity index (χ2n) is 5.82. The molecule has 21 heavy (non-hydrogen) atoms. The zero-order valence-corrected chi connectivity index (χ0v) is 12.6. The van der Waals surface area contributed by atoms with E-state index in [4.69, 9.17) is 0 Å². The van der Waals surface area contributed by atoms with Gasteiger partial charge in [-0.25, -0.2) is 9.97 Å². The van der Waals surface area contributed by atoms with E-state index in [9.17, 15) is 4.79 Å². The molecular formula is C15H23N5O. The number of hydrogen-bond acceptors (Lipinski definition) is 5. The Kier molecular flexibility index (Phi) is 4.34. The van der Waals surface area contributed by atoms with E-state index in [1.807, 2.05) is 17.9 Å². The maximum Gasteiger partial charge on any atom is 0.227 e. The van der Waals surface area contributed by atoms with Gasteiger partial charge in [-0.05, 0) is 32.4 Å². The molecule has 0 aliphatic carbocycles. The van der Waals surface area contributed by atoms with E-state index < -0.39 is 0 Å². The molecule has 0 aromatic carbocycles. The van der Waals surface area contributed by atoms with Crippen molar-refractivity contribution < 1.29 is 4.79 Å². The minimum Gasteiger partial charge on any atom is -0.356 e. The lowest BCUT2D eigenvalue weighted by molar-refractivity contribution is -0.134. The predicted molar refractivity (Wildman–Crippen MR) is 81.2 cm³/mol. The molecule has 3 heterocycles. The molecule has 1 amide bonds. The Labute approximate surface area is 125 Å². The molecule has 2 saturated heterocycles. The van der Waals surface area contributed by atoms with Crippen LogP contribution in [0.15, 0.2) is 12.3 Å². The first-order chi connectivity index (χ1) is 10.2. The first-order valence-corrected chi connectivity index (χ1v) is 7.78. The molecule has 0 saturated carbocycles.